The molecular weight excluding hydrogens is 138 g/mol. The minimum atomic E-state index is -0.0812. The van der Waals surface area contributed by atoms with E-state index in [0.717, 1.165) is 19.5 Å². The number of likely N-dealkylation sites (N-methyl/N-ethyl adjacent to an activating group) is 1. The first-order chi connectivity index (χ1) is 5.15. The van der Waals surface area contributed by atoms with Gasteiger partial charge in [0.1, 0.15) is 0 Å². The molecule has 66 valence electrons. The van der Waals surface area contributed by atoms with Gasteiger partial charge < -0.3 is 5.11 Å². The molecule has 1 aliphatic rings. The maximum Gasteiger partial charge on any atom is 0.0682 e. The van der Waals surface area contributed by atoms with E-state index in [2.05, 4.69) is 25.7 Å². The molecule has 0 aromatic carbocycles. The van der Waals surface area contributed by atoms with Crippen LogP contribution in [0.3, 0.4) is 0 Å². The summed E-state index contributed by atoms with van der Waals surface area (Å²) in [4.78, 5) is 2.37. The zero-order valence-electron chi connectivity index (χ0n) is 7.75. The van der Waals surface area contributed by atoms with Crippen molar-refractivity contribution >= 4 is 0 Å². The fourth-order valence-electron chi connectivity index (χ4n) is 1.97. The molecule has 0 bridgehead atoms. The van der Waals surface area contributed by atoms with Crippen LogP contribution in [0.4, 0.5) is 0 Å². The van der Waals surface area contributed by atoms with Crippen molar-refractivity contribution in [2.24, 2.45) is 5.92 Å². The van der Waals surface area contributed by atoms with Gasteiger partial charge in [0.25, 0.3) is 0 Å². The zero-order valence-corrected chi connectivity index (χ0v) is 7.75. The van der Waals surface area contributed by atoms with E-state index in [1.807, 2.05) is 0 Å². The molecule has 2 heteroatoms. The van der Waals surface area contributed by atoms with Crippen LogP contribution in [-0.4, -0.2) is 35.2 Å². The second-order valence-electron chi connectivity index (χ2n) is 3.79. The smallest absolute Gasteiger partial charge is 0.0682 e. The Bertz CT molecular complexity index is 125. The standard InChI is InChI=1S/C9H19NO/c1-4-10-6-8(11)5-9(10)7(2)3/h7-9,11H,4-6H2,1-3H3/t8-,9-/m1/s1. The molecule has 2 atom stereocenters. The molecule has 0 aromatic heterocycles. The number of hydrogen-bond donors (Lipinski definition) is 1. The summed E-state index contributed by atoms with van der Waals surface area (Å²) in [5.41, 5.74) is 0. The average Bonchev–Trinajstić information content (AvgIpc) is 2.30. The maximum atomic E-state index is 9.41. The molecule has 1 rings (SSSR count). The second kappa shape index (κ2) is 3.55. The lowest BCUT2D eigenvalue weighted by Gasteiger charge is -2.25. The molecule has 1 N–H and O–H groups in total. The van der Waals surface area contributed by atoms with Crippen molar-refractivity contribution < 1.29 is 5.11 Å². The fraction of sp³-hybridized carbons (Fsp3) is 1.00. The summed E-state index contributed by atoms with van der Waals surface area (Å²) >= 11 is 0. The van der Waals surface area contributed by atoms with Crippen molar-refractivity contribution in [3.8, 4) is 0 Å². The Kier molecular flexibility index (Phi) is 2.90. The first-order valence-electron chi connectivity index (χ1n) is 4.57. The quantitative estimate of drug-likeness (QED) is 0.649. The normalized spacial score (nSPS) is 33.5. The van der Waals surface area contributed by atoms with Crippen LogP contribution >= 0.6 is 0 Å². The van der Waals surface area contributed by atoms with E-state index in [4.69, 9.17) is 0 Å². The van der Waals surface area contributed by atoms with Crippen LogP contribution < -0.4 is 0 Å². The molecule has 0 radical (unpaired) electrons. The number of β-amino-alcohol motifs (C(OH)–C–C–N with tert-alkyl or cyclic N) is 1. The third-order valence-electron chi connectivity index (χ3n) is 2.60. The molecule has 0 spiro atoms. The monoisotopic (exact) mass is 157 g/mol. The summed E-state index contributed by atoms with van der Waals surface area (Å²) in [5, 5.41) is 9.41. The average molecular weight is 157 g/mol. The summed E-state index contributed by atoms with van der Waals surface area (Å²) < 4.78 is 0. The Hall–Kier alpha value is -0.0800. The lowest BCUT2D eigenvalue weighted by molar-refractivity contribution is 0.175. The van der Waals surface area contributed by atoms with E-state index in [1.54, 1.807) is 0 Å². The van der Waals surface area contributed by atoms with Crippen LogP contribution in [-0.2, 0) is 0 Å². The van der Waals surface area contributed by atoms with Crippen LogP contribution in [0.25, 0.3) is 0 Å². The van der Waals surface area contributed by atoms with Crippen LogP contribution in [0.15, 0.2) is 0 Å². The van der Waals surface area contributed by atoms with Crippen LogP contribution in [0.5, 0.6) is 0 Å². The largest absolute Gasteiger partial charge is 0.392 e. The molecule has 0 amide bonds. The van der Waals surface area contributed by atoms with Gasteiger partial charge in [-0.1, -0.05) is 20.8 Å². The highest BCUT2D eigenvalue weighted by Gasteiger charge is 2.31. The van der Waals surface area contributed by atoms with E-state index < -0.39 is 0 Å². The van der Waals surface area contributed by atoms with Crippen molar-refractivity contribution in [1.29, 1.82) is 0 Å². The minimum Gasteiger partial charge on any atom is -0.392 e. The molecule has 0 unspecified atom stereocenters. The molecule has 0 aromatic rings. The van der Waals surface area contributed by atoms with Gasteiger partial charge in [-0.05, 0) is 18.9 Å². The second-order valence-corrected chi connectivity index (χ2v) is 3.79. The number of hydrogen-bond acceptors (Lipinski definition) is 2. The topological polar surface area (TPSA) is 23.5 Å². The van der Waals surface area contributed by atoms with Gasteiger partial charge in [0.15, 0.2) is 0 Å². The van der Waals surface area contributed by atoms with E-state index in [-0.39, 0.29) is 6.10 Å². The number of rotatable bonds is 2. The third-order valence-corrected chi connectivity index (χ3v) is 2.60. The molecule has 11 heavy (non-hydrogen) atoms. The van der Waals surface area contributed by atoms with Crippen LogP contribution in [0.2, 0.25) is 0 Å². The number of nitrogens with zero attached hydrogens (tertiary/aromatic N) is 1. The Morgan fingerprint density at radius 2 is 2.18 bits per heavy atom. The summed E-state index contributed by atoms with van der Waals surface area (Å²) in [6, 6.07) is 0.606. The Labute approximate surface area is 69.2 Å². The van der Waals surface area contributed by atoms with Crippen molar-refractivity contribution in [2.75, 3.05) is 13.1 Å². The number of aliphatic hydroxyl groups is 1. The van der Waals surface area contributed by atoms with Gasteiger partial charge in [-0.25, -0.2) is 0 Å². The summed E-state index contributed by atoms with van der Waals surface area (Å²) in [6.45, 7) is 8.56. The number of likely N-dealkylation sites (tertiary alicyclic amines) is 1. The van der Waals surface area contributed by atoms with Crippen LogP contribution in [0, 0.1) is 5.92 Å². The predicted molar refractivity (Wildman–Crippen MR) is 46.5 cm³/mol. The maximum absolute atomic E-state index is 9.41. The third kappa shape index (κ3) is 1.94. The molecule has 1 aliphatic heterocycles. The highest BCUT2D eigenvalue weighted by atomic mass is 16.3. The van der Waals surface area contributed by atoms with Crippen molar-refractivity contribution in [3.63, 3.8) is 0 Å². The SMILES string of the molecule is CCN1C[C@H](O)C[C@@H]1C(C)C. The molecule has 1 fully saturated rings. The molecule has 1 heterocycles. The Morgan fingerprint density at radius 3 is 2.55 bits per heavy atom. The van der Waals surface area contributed by atoms with Crippen LogP contribution in [0.1, 0.15) is 27.2 Å². The summed E-state index contributed by atoms with van der Waals surface area (Å²) in [6.07, 6.45) is 0.883. The lowest BCUT2D eigenvalue weighted by Crippen LogP contribution is -2.33. The molecular formula is C9H19NO. The number of aliphatic hydroxyl groups excluding tert-OH is 1. The van der Waals surface area contributed by atoms with Crippen molar-refractivity contribution in [2.45, 2.75) is 39.3 Å². The molecule has 0 saturated carbocycles. The van der Waals surface area contributed by atoms with Gasteiger partial charge in [0.2, 0.25) is 0 Å². The Morgan fingerprint density at radius 1 is 1.55 bits per heavy atom. The summed E-state index contributed by atoms with van der Waals surface area (Å²) in [7, 11) is 0. The van der Waals surface area contributed by atoms with E-state index in [1.165, 1.54) is 0 Å². The minimum absolute atomic E-state index is 0.0812. The van der Waals surface area contributed by atoms with E-state index >= 15 is 0 Å². The van der Waals surface area contributed by atoms with Gasteiger partial charge in [-0.15, -0.1) is 0 Å². The first kappa shape index (κ1) is 9.01. The van der Waals surface area contributed by atoms with Gasteiger partial charge in [0.05, 0.1) is 6.10 Å². The molecule has 2 nitrogen and oxygen atoms in total. The predicted octanol–water partition coefficient (Wildman–Crippen LogP) is 1.10. The van der Waals surface area contributed by atoms with Gasteiger partial charge >= 0.3 is 0 Å². The van der Waals surface area contributed by atoms with Gasteiger partial charge in [-0.2, -0.15) is 0 Å². The molecule has 1 saturated heterocycles. The summed E-state index contributed by atoms with van der Waals surface area (Å²) in [5.74, 6) is 0.673. The van der Waals surface area contributed by atoms with Gasteiger partial charge in [0, 0.05) is 12.6 Å². The Balaban J connectivity index is 2.50. The highest BCUT2D eigenvalue weighted by Crippen LogP contribution is 2.23. The van der Waals surface area contributed by atoms with E-state index in [9.17, 15) is 5.11 Å². The first-order valence-corrected chi connectivity index (χ1v) is 4.57. The van der Waals surface area contributed by atoms with E-state index in [0.29, 0.717) is 12.0 Å². The van der Waals surface area contributed by atoms with Crippen molar-refractivity contribution in [3.05, 3.63) is 0 Å². The highest BCUT2D eigenvalue weighted by molar-refractivity contribution is 4.85. The zero-order chi connectivity index (χ0) is 8.43. The lowest BCUT2D eigenvalue weighted by atomic mass is 10.0. The van der Waals surface area contributed by atoms with Gasteiger partial charge in [-0.3, -0.25) is 4.90 Å². The molecule has 0 aliphatic carbocycles. The fourth-order valence-corrected chi connectivity index (χ4v) is 1.97. The van der Waals surface area contributed by atoms with Crippen molar-refractivity contribution in [1.82, 2.24) is 4.90 Å².